The van der Waals surface area contributed by atoms with Crippen molar-refractivity contribution in [2.45, 2.75) is 13.3 Å². The molecule has 1 amide bonds. The fourth-order valence-corrected chi connectivity index (χ4v) is 5.46. The molecule has 1 fully saturated rings. The number of rotatable bonds is 9. The van der Waals surface area contributed by atoms with E-state index < -0.39 is 12.6 Å². The number of aliphatic imine (C=N–C) groups is 1. The minimum Gasteiger partial charge on any atom is -0.493 e. The summed E-state index contributed by atoms with van der Waals surface area (Å²) in [6.07, 6.45) is 2.50. The van der Waals surface area contributed by atoms with E-state index in [-0.39, 0.29) is 5.91 Å². The van der Waals surface area contributed by atoms with Crippen LogP contribution in [0.2, 0.25) is 0 Å². The van der Waals surface area contributed by atoms with Crippen LogP contribution < -0.4 is 9.47 Å². The number of carbonyl (C=O) groups is 2. The van der Waals surface area contributed by atoms with E-state index in [9.17, 15) is 9.59 Å². The van der Waals surface area contributed by atoms with Gasteiger partial charge in [0.25, 0.3) is 5.91 Å². The summed E-state index contributed by atoms with van der Waals surface area (Å²) in [6.45, 7) is 2.04. The van der Waals surface area contributed by atoms with E-state index >= 15 is 0 Å². The first-order valence-corrected chi connectivity index (χ1v) is 13.4. The normalized spacial score (nSPS) is 15.4. The molecule has 1 heterocycles. The molecule has 0 aliphatic carbocycles. The SMILES string of the molecule is COc1cc(/C=C2/SC(=Nc3ccc(C)cc3)N(CCc3ccccc3)C2=O)cc(I)c1OCC(=O)O. The van der Waals surface area contributed by atoms with Gasteiger partial charge in [0.2, 0.25) is 0 Å². The molecule has 37 heavy (non-hydrogen) atoms. The zero-order chi connectivity index (χ0) is 26.4. The predicted octanol–water partition coefficient (Wildman–Crippen LogP) is 5.92. The molecule has 4 rings (SSSR count). The third kappa shape index (κ3) is 6.92. The summed E-state index contributed by atoms with van der Waals surface area (Å²) >= 11 is 3.39. The van der Waals surface area contributed by atoms with Gasteiger partial charge in [0.15, 0.2) is 23.3 Å². The lowest BCUT2D eigenvalue weighted by Crippen LogP contribution is -2.31. The number of aliphatic carboxylic acids is 1. The molecule has 1 aliphatic rings. The van der Waals surface area contributed by atoms with Crippen molar-refractivity contribution in [3.8, 4) is 11.5 Å². The lowest BCUT2D eigenvalue weighted by Gasteiger charge is -2.15. The Bertz CT molecular complexity index is 1360. The maximum absolute atomic E-state index is 13.5. The highest BCUT2D eigenvalue weighted by molar-refractivity contribution is 14.1. The third-order valence-electron chi connectivity index (χ3n) is 5.50. The van der Waals surface area contributed by atoms with Crippen LogP contribution in [0.15, 0.2) is 76.6 Å². The van der Waals surface area contributed by atoms with Crippen molar-refractivity contribution in [3.63, 3.8) is 0 Å². The van der Waals surface area contributed by atoms with Gasteiger partial charge >= 0.3 is 5.97 Å². The van der Waals surface area contributed by atoms with Crippen molar-refractivity contribution < 1.29 is 24.2 Å². The van der Waals surface area contributed by atoms with Gasteiger partial charge in [0, 0.05) is 6.54 Å². The van der Waals surface area contributed by atoms with Crippen molar-refractivity contribution in [3.05, 3.63) is 91.9 Å². The van der Waals surface area contributed by atoms with E-state index in [1.54, 1.807) is 17.0 Å². The van der Waals surface area contributed by atoms with E-state index in [4.69, 9.17) is 19.6 Å². The molecule has 3 aromatic carbocycles. The first-order valence-electron chi connectivity index (χ1n) is 11.5. The van der Waals surface area contributed by atoms with Crippen LogP contribution in [0.3, 0.4) is 0 Å². The molecule has 0 atom stereocenters. The molecule has 1 saturated heterocycles. The number of amides is 1. The minimum absolute atomic E-state index is 0.119. The maximum atomic E-state index is 13.5. The Kier molecular flexibility index (Phi) is 8.88. The zero-order valence-corrected chi connectivity index (χ0v) is 23.3. The van der Waals surface area contributed by atoms with Gasteiger partial charge in [-0.2, -0.15) is 0 Å². The summed E-state index contributed by atoms with van der Waals surface area (Å²) in [5.41, 5.74) is 3.80. The number of carboxylic acid groups (broad SMARTS) is 1. The Labute approximate surface area is 233 Å². The van der Waals surface area contributed by atoms with Crippen LogP contribution in [-0.2, 0) is 16.0 Å². The van der Waals surface area contributed by atoms with Gasteiger partial charge in [0.05, 0.1) is 21.3 Å². The summed E-state index contributed by atoms with van der Waals surface area (Å²) in [5, 5.41) is 9.58. The quantitative estimate of drug-likeness (QED) is 0.234. The van der Waals surface area contributed by atoms with Gasteiger partial charge < -0.3 is 14.6 Å². The Morgan fingerprint density at radius 1 is 1.14 bits per heavy atom. The molecule has 0 unspecified atom stereocenters. The maximum Gasteiger partial charge on any atom is 0.341 e. The highest BCUT2D eigenvalue weighted by atomic mass is 127. The highest BCUT2D eigenvalue weighted by Gasteiger charge is 2.33. The lowest BCUT2D eigenvalue weighted by molar-refractivity contribution is -0.139. The van der Waals surface area contributed by atoms with Crippen molar-refractivity contribution in [1.29, 1.82) is 0 Å². The summed E-state index contributed by atoms with van der Waals surface area (Å²) in [4.78, 5) is 31.5. The summed E-state index contributed by atoms with van der Waals surface area (Å²) < 4.78 is 11.5. The molecule has 0 spiro atoms. The van der Waals surface area contributed by atoms with Crippen molar-refractivity contribution in [2.24, 2.45) is 4.99 Å². The molecular weight excluding hydrogens is 603 g/mol. The number of amidine groups is 1. The van der Waals surface area contributed by atoms with Crippen molar-refractivity contribution in [1.82, 2.24) is 4.90 Å². The molecule has 9 heteroatoms. The van der Waals surface area contributed by atoms with Gasteiger partial charge in [-0.15, -0.1) is 0 Å². The summed E-state index contributed by atoms with van der Waals surface area (Å²) in [6, 6.07) is 21.5. The molecule has 0 aromatic heterocycles. The molecule has 190 valence electrons. The number of methoxy groups -OCH3 is 1. The topological polar surface area (TPSA) is 88.4 Å². The van der Waals surface area contributed by atoms with E-state index in [2.05, 4.69) is 22.6 Å². The third-order valence-corrected chi connectivity index (χ3v) is 7.31. The van der Waals surface area contributed by atoms with Crippen LogP contribution in [0.25, 0.3) is 6.08 Å². The standard InChI is InChI=1S/C28H25IN2O5S/c1-18-8-10-21(11-9-18)30-28-31(13-12-19-6-4-3-5-7-19)27(34)24(37-28)16-20-14-22(29)26(23(15-20)35-2)36-17-25(32)33/h3-11,14-16H,12-13,17H2,1-2H3,(H,32,33)/b24-16+,30-28?. The van der Waals surface area contributed by atoms with Crippen LogP contribution in [0, 0.1) is 10.5 Å². The van der Waals surface area contributed by atoms with Gasteiger partial charge in [-0.3, -0.25) is 9.69 Å². The molecule has 1 N–H and O–H groups in total. The molecule has 0 saturated carbocycles. The molecular formula is C28H25IN2O5S. The number of hydrogen-bond donors (Lipinski definition) is 1. The zero-order valence-electron chi connectivity index (χ0n) is 20.3. The van der Waals surface area contributed by atoms with Crippen LogP contribution in [0.1, 0.15) is 16.7 Å². The first kappa shape index (κ1) is 26.7. The monoisotopic (exact) mass is 628 g/mol. The van der Waals surface area contributed by atoms with Crippen LogP contribution in [-0.4, -0.2) is 47.3 Å². The lowest BCUT2D eigenvalue weighted by atomic mass is 10.1. The second-order valence-electron chi connectivity index (χ2n) is 8.25. The average Bonchev–Trinajstić information content (AvgIpc) is 3.17. The van der Waals surface area contributed by atoms with E-state index in [1.807, 2.05) is 67.6 Å². The molecule has 1 aliphatic heterocycles. The molecule has 0 radical (unpaired) electrons. The molecule has 7 nitrogen and oxygen atoms in total. The molecule has 0 bridgehead atoms. The number of thioether (sulfide) groups is 1. The second kappa shape index (κ2) is 12.3. The number of nitrogens with zero attached hydrogens (tertiary/aromatic N) is 2. The number of halogens is 1. The first-order chi connectivity index (χ1) is 17.8. The van der Waals surface area contributed by atoms with Crippen molar-refractivity contribution >= 4 is 63.2 Å². The number of hydrogen-bond acceptors (Lipinski definition) is 6. The highest BCUT2D eigenvalue weighted by Crippen LogP contribution is 2.38. The van der Waals surface area contributed by atoms with E-state index in [1.165, 1.54) is 18.9 Å². The van der Waals surface area contributed by atoms with Gasteiger partial charge in [0.1, 0.15) is 0 Å². The minimum atomic E-state index is -1.08. The Hall–Kier alpha value is -3.31. The van der Waals surface area contributed by atoms with Crippen molar-refractivity contribution in [2.75, 3.05) is 20.3 Å². The predicted molar refractivity (Wildman–Crippen MR) is 155 cm³/mol. The van der Waals surface area contributed by atoms with Gasteiger partial charge in [-0.05, 0) is 89.2 Å². The largest absolute Gasteiger partial charge is 0.493 e. The smallest absolute Gasteiger partial charge is 0.341 e. The van der Waals surface area contributed by atoms with Crippen LogP contribution >= 0.6 is 34.4 Å². The number of aryl methyl sites for hydroxylation is 1. The number of carboxylic acids is 1. The second-order valence-corrected chi connectivity index (χ2v) is 10.4. The Balaban J connectivity index is 1.65. The van der Waals surface area contributed by atoms with Crippen LogP contribution in [0.5, 0.6) is 11.5 Å². The van der Waals surface area contributed by atoms with E-state index in [0.29, 0.717) is 38.1 Å². The van der Waals surface area contributed by atoms with Gasteiger partial charge in [-0.25, -0.2) is 9.79 Å². The molecule has 3 aromatic rings. The Morgan fingerprint density at radius 3 is 2.54 bits per heavy atom. The summed E-state index contributed by atoms with van der Waals surface area (Å²) in [7, 11) is 1.49. The number of benzene rings is 3. The number of carbonyl (C=O) groups excluding carboxylic acids is 1. The fraction of sp³-hybridized carbons (Fsp3) is 0.179. The Morgan fingerprint density at radius 2 is 1.86 bits per heavy atom. The number of ether oxygens (including phenoxy) is 2. The van der Waals surface area contributed by atoms with Gasteiger partial charge in [-0.1, -0.05) is 48.0 Å². The summed E-state index contributed by atoms with van der Waals surface area (Å²) in [5.74, 6) is -0.450. The van der Waals surface area contributed by atoms with E-state index in [0.717, 1.165) is 22.4 Å². The average molecular weight is 628 g/mol. The van der Waals surface area contributed by atoms with Crippen LogP contribution in [0.4, 0.5) is 5.69 Å². The fourth-order valence-electron chi connectivity index (χ4n) is 3.65.